The topological polar surface area (TPSA) is 52.8 Å². The van der Waals surface area contributed by atoms with E-state index in [9.17, 15) is 4.79 Å². The first kappa shape index (κ1) is 39.0. The predicted molar refractivity (Wildman–Crippen MR) is 182 cm³/mol. The molecule has 0 unspecified atom stereocenters. The van der Waals surface area contributed by atoms with Crippen molar-refractivity contribution in [3.8, 4) is 0 Å². The summed E-state index contributed by atoms with van der Waals surface area (Å²) in [6.45, 7) is 23.4. The van der Waals surface area contributed by atoms with Crippen LogP contribution in [0.25, 0.3) is 5.57 Å². The first-order valence-corrected chi connectivity index (χ1v) is 13.6. The monoisotopic (exact) mass is 642 g/mol. The van der Waals surface area contributed by atoms with Crippen molar-refractivity contribution in [1.29, 1.82) is 0 Å². The van der Waals surface area contributed by atoms with Crippen molar-refractivity contribution in [2.45, 2.75) is 28.2 Å². The van der Waals surface area contributed by atoms with E-state index in [1.807, 2.05) is 63.2 Å². The van der Waals surface area contributed by atoms with Crippen molar-refractivity contribution in [3.63, 3.8) is 0 Å². The van der Waals surface area contributed by atoms with Crippen LogP contribution in [0.4, 0.5) is 17.1 Å². The Kier molecular flexibility index (Phi) is 17.9. The Bertz CT molecular complexity index is 1280. The Labute approximate surface area is 280 Å². The summed E-state index contributed by atoms with van der Waals surface area (Å²) in [6, 6.07) is 25.6. The number of carbonyl (C=O) groups excluding carboxylic acids is 1. The van der Waals surface area contributed by atoms with Gasteiger partial charge in [0.15, 0.2) is 0 Å². The third-order valence-corrected chi connectivity index (χ3v) is 6.87. The molecular formula is C36H49N4OY-. The fourth-order valence-corrected chi connectivity index (χ4v) is 4.49. The molecule has 0 aliphatic carbocycles. The maximum atomic E-state index is 13.6. The molecule has 0 spiro atoms. The van der Waals surface area contributed by atoms with Gasteiger partial charge in [-0.3, -0.25) is 9.69 Å². The Balaban J connectivity index is 0.00000329. The predicted octanol–water partition coefficient (Wildman–Crippen LogP) is 7.99. The van der Waals surface area contributed by atoms with Gasteiger partial charge >= 0.3 is 0 Å². The molecule has 0 saturated carbocycles. The van der Waals surface area contributed by atoms with Crippen LogP contribution in [-0.4, -0.2) is 50.1 Å². The van der Waals surface area contributed by atoms with Gasteiger partial charge in [-0.15, -0.1) is 0 Å². The van der Waals surface area contributed by atoms with Gasteiger partial charge in [-0.25, -0.2) is 0 Å². The molecule has 3 aromatic rings. The molecule has 0 atom stereocenters. The molecule has 42 heavy (non-hydrogen) atoms. The van der Waals surface area contributed by atoms with E-state index < -0.39 is 0 Å². The van der Waals surface area contributed by atoms with Gasteiger partial charge in [0.1, 0.15) is 0 Å². The number of nitrogens with two attached hydrogens (primary N) is 1. The van der Waals surface area contributed by atoms with Crippen LogP contribution in [0, 0.1) is 7.43 Å². The molecule has 1 amide bonds. The second kappa shape index (κ2) is 19.3. The van der Waals surface area contributed by atoms with E-state index in [0.29, 0.717) is 23.5 Å². The van der Waals surface area contributed by atoms with E-state index in [0.717, 1.165) is 55.0 Å². The van der Waals surface area contributed by atoms with Gasteiger partial charge in [0.05, 0.1) is 17.9 Å². The molecule has 1 fully saturated rings. The Morgan fingerprint density at radius 2 is 1.36 bits per heavy atom. The Morgan fingerprint density at radius 3 is 1.90 bits per heavy atom. The van der Waals surface area contributed by atoms with Crippen LogP contribution in [-0.2, 0) is 32.7 Å². The molecule has 223 valence electrons. The van der Waals surface area contributed by atoms with Gasteiger partial charge in [0.2, 0.25) is 0 Å². The molecule has 1 saturated heterocycles. The average Bonchev–Trinajstić information content (AvgIpc) is 2.98. The van der Waals surface area contributed by atoms with Gasteiger partial charge in [-0.2, -0.15) is 0 Å². The van der Waals surface area contributed by atoms with Crippen molar-refractivity contribution in [1.82, 2.24) is 4.90 Å². The summed E-state index contributed by atoms with van der Waals surface area (Å²) in [5.74, 6) is -0.130. The van der Waals surface area contributed by atoms with Crippen LogP contribution in [0.5, 0.6) is 0 Å². The number of carbonyl (C=O) groups is 1. The number of anilines is 3. The molecule has 4 rings (SSSR count). The summed E-state index contributed by atoms with van der Waals surface area (Å²) < 4.78 is 0. The van der Waals surface area contributed by atoms with E-state index >= 15 is 0 Å². The van der Waals surface area contributed by atoms with Crippen molar-refractivity contribution in [2.24, 2.45) is 0 Å². The SMILES string of the molecule is C.C=C(C)C(=C)CN(C(=O)c1ccc(C(=C)CN2CCN(c3ccccc3)CC2)cc1)c1ccccc1N.CC.[CH3-].[Y]. The minimum Gasteiger partial charge on any atom is -0.397 e. The molecular weight excluding hydrogens is 593 g/mol. The summed E-state index contributed by atoms with van der Waals surface area (Å²) >= 11 is 0. The van der Waals surface area contributed by atoms with Crippen LogP contribution in [0.3, 0.4) is 0 Å². The third-order valence-electron chi connectivity index (χ3n) is 6.87. The van der Waals surface area contributed by atoms with Gasteiger partial charge < -0.3 is 23.0 Å². The Hall–Kier alpha value is -2.99. The second-order valence-corrected chi connectivity index (χ2v) is 9.61. The van der Waals surface area contributed by atoms with E-state index in [-0.39, 0.29) is 53.5 Å². The van der Waals surface area contributed by atoms with Crippen molar-refractivity contribution in [3.05, 3.63) is 128 Å². The number of piperazine rings is 1. The molecule has 1 aliphatic rings. The molecule has 2 N–H and O–H groups in total. The molecule has 3 aromatic carbocycles. The van der Waals surface area contributed by atoms with Gasteiger partial charge in [0, 0.05) is 76.7 Å². The molecule has 1 heterocycles. The van der Waals surface area contributed by atoms with Gasteiger partial charge in [0.25, 0.3) is 5.91 Å². The second-order valence-electron chi connectivity index (χ2n) is 9.61. The van der Waals surface area contributed by atoms with E-state index in [4.69, 9.17) is 5.73 Å². The van der Waals surface area contributed by atoms with E-state index in [1.165, 1.54) is 5.69 Å². The summed E-state index contributed by atoms with van der Waals surface area (Å²) in [4.78, 5) is 20.1. The zero-order chi connectivity index (χ0) is 28.4. The van der Waals surface area contributed by atoms with Crippen molar-refractivity contribution >= 4 is 28.5 Å². The standard InChI is InChI=1S/C32H36N4O.C2H6.CH4.CH3.Y/c1-24(2)25(3)23-36(31-13-9-8-12-30(31)33)32(37)28-16-14-27(15-17-28)26(4)22-34-18-20-35(21-19-34)29-10-6-5-7-11-29;1-2;;;/h5-17H,1,3-4,18-23,33H2,2H3;1-2H3;1H4;1H3;/q;;;-1;. The molecule has 5 nitrogen and oxygen atoms in total. The number of rotatable bonds is 9. The molecule has 0 bridgehead atoms. The maximum Gasteiger partial charge on any atom is 0.258 e. The quantitative estimate of drug-likeness (QED) is 0.146. The summed E-state index contributed by atoms with van der Waals surface area (Å²) in [5.41, 5.74) is 13.0. The van der Waals surface area contributed by atoms with Crippen LogP contribution < -0.4 is 15.5 Å². The molecule has 1 radical (unpaired) electrons. The summed E-state index contributed by atoms with van der Waals surface area (Å²) in [5, 5.41) is 0. The largest absolute Gasteiger partial charge is 0.397 e. The minimum atomic E-state index is -0.130. The maximum absolute atomic E-state index is 13.6. The number of nitrogen functional groups attached to an aromatic ring is 1. The number of hydrogen-bond donors (Lipinski definition) is 1. The smallest absolute Gasteiger partial charge is 0.258 e. The minimum absolute atomic E-state index is 0. The van der Waals surface area contributed by atoms with Crippen molar-refractivity contribution in [2.75, 3.05) is 54.8 Å². The molecule has 1 aliphatic heterocycles. The Morgan fingerprint density at radius 1 is 0.833 bits per heavy atom. The zero-order valence-electron chi connectivity index (χ0n) is 25.3. The number of hydrogen-bond acceptors (Lipinski definition) is 4. The van der Waals surface area contributed by atoms with E-state index in [2.05, 4.69) is 59.9 Å². The molecule has 6 heteroatoms. The van der Waals surface area contributed by atoms with Crippen LogP contribution >= 0.6 is 0 Å². The average molecular weight is 643 g/mol. The van der Waals surface area contributed by atoms with E-state index in [1.54, 1.807) is 11.0 Å². The van der Waals surface area contributed by atoms with Crippen molar-refractivity contribution < 1.29 is 37.5 Å². The normalized spacial score (nSPS) is 12.2. The number of amides is 1. The number of benzene rings is 3. The van der Waals surface area contributed by atoms with Gasteiger partial charge in [-0.1, -0.05) is 89.0 Å². The third kappa shape index (κ3) is 10.4. The van der Waals surface area contributed by atoms with Gasteiger partial charge in [-0.05, 0) is 60.0 Å². The first-order chi connectivity index (χ1) is 18.8. The first-order valence-electron chi connectivity index (χ1n) is 13.6. The zero-order valence-corrected chi connectivity index (χ0v) is 28.1. The summed E-state index contributed by atoms with van der Waals surface area (Å²) in [7, 11) is 0. The number of para-hydroxylation sites is 3. The molecule has 0 aromatic heterocycles. The number of nitrogens with zero attached hydrogens (tertiary/aromatic N) is 3. The summed E-state index contributed by atoms with van der Waals surface area (Å²) in [6.07, 6.45) is 0. The van der Waals surface area contributed by atoms with Crippen LogP contribution in [0.15, 0.2) is 110 Å². The fourth-order valence-electron chi connectivity index (χ4n) is 4.49. The fraction of sp³-hybridized carbons (Fsp3) is 0.278. The van der Waals surface area contributed by atoms with Crippen LogP contribution in [0.2, 0.25) is 0 Å². The van der Waals surface area contributed by atoms with Crippen LogP contribution in [0.1, 0.15) is 44.1 Å².